The molecule has 0 heterocycles. The van der Waals surface area contributed by atoms with Gasteiger partial charge in [-0.15, -0.1) is 0 Å². The molecule has 0 aliphatic carbocycles. The zero-order valence-corrected chi connectivity index (χ0v) is 15.2. The SMILES string of the molecule is CC(=O)O.CCCC(O)CCC(C)C.CCCCOC(C)=O. The zero-order chi connectivity index (χ0) is 18.0. The van der Waals surface area contributed by atoms with Crippen molar-refractivity contribution in [1.82, 2.24) is 0 Å². The Morgan fingerprint density at radius 3 is 1.82 bits per heavy atom. The minimum atomic E-state index is -0.833. The van der Waals surface area contributed by atoms with Crippen LogP contribution in [0.3, 0.4) is 0 Å². The van der Waals surface area contributed by atoms with Crippen molar-refractivity contribution >= 4 is 11.9 Å². The highest BCUT2D eigenvalue weighted by atomic mass is 16.5. The van der Waals surface area contributed by atoms with Gasteiger partial charge in [0.1, 0.15) is 0 Å². The smallest absolute Gasteiger partial charge is 0.302 e. The number of ether oxygens (including phenoxy) is 1. The molecule has 0 aliphatic heterocycles. The molecule has 2 N–H and O–H groups in total. The largest absolute Gasteiger partial charge is 0.481 e. The summed E-state index contributed by atoms with van der Waals surface area (Å²) in [4.78, 5) is 19.1. The van der Waals surface area contributed by atoms with Crippen LogP contribution in [-0.2, 0) is 14.3 Å². The first-order valence-corrected chi connectivity index (χ1v) is 8.18. The third-order valence-electron chi connectivity index (χ3n) is 2.50. The van der Waals surface area contributed by atoms with Gasteiger partial charge in [0.25, 0.3) is 5.97 Å². The molecule has 1 unspecified atom stereocenters. The number of aliphatic hydroxyl groups excluding tert-OH is 1. The second kappa shape index (κ2) is 19.9. The number of rotatable bonds is 8. The van der Waals surface area contributed by atoms with Crippen LogP contribution in [0, 0.1) is 5.92 Å². The number of carbonyl (C=O) groups excluding carboxylic acids is 1. The van der Waals surface area contributed by atoms with E-state index in [1.54, 1.807) is 0 Å². The molecule has 134 valence electrons. The molecule has 0 amide bonds. The van der Waals surface area contributed by atoms with Gasteiger partial charge in [-0.05, 0) is 31.6 Å². The van der Waals surface area contributed by atoms with E-state index in [0.717, 1.165) is 51.4 Å². The highest BCUT2D eigenvalue weighted by molar-refractivity contribution is 5.65. The second-order valence-corrected chi connectivity index (χ2v) is 5.63. The quantitative estimate of drug-likeness (QED) is 0.521. The maximum Gasteiger partial charge on any atom is 0.302 e. The Bertz CT molecular complexity index is 247. The van der Waals surface area contributed by atoms with Gasteiger partial charge in [-0.1, -0.05) is 40.5 Å². The topological polar surface area (TPSA) is 83.8 Å². The molecule has 0 aromatic heterocycles. The monoisotopic (exact) mass is 320 g/mol. The maximum atomic E-state index is 10.1. The average Bonchev–Trinajstić information content (AvgIpc) is 2.37. The Hall–Kier alpha value is -1.10. The molecule has 0 rings (SSSR count). The third kappa shape index (κ3) is 42.8. The van der Waals surface area contributed by atoms with Gasteiger partial charge in [-0.3, -0.25) is 9.59 Å². The minimum Gasteiger partial charge on any atom is -0.481 e. The number of aliphatic hydroxyl groups is 1. The van der Waals surface area contributed by atoms with Gasteiger partial charge in [0.15, 0.2) is 0 Å². The van der Waals surface area contributed by atoms with E-state index in [2.05, 4.69) is 32.4 Å². The van der Waals surface area contributed by atoms with E-state index < -0.39 is 5.97 Å². The molecule has 5 heteroatoms. The van der Waals surface area contributed by atoms with Crippen LogP contribution in [0.2, 0.25) is 0 Å². The van der Waals surface area contributed by atoms with E-state index in [-0.39, 0.29) is 12.1 Å². The molecule has 0 bridgehead atoms. The van der Waals surface area contributed by atoms with Crippen LogP contribution in [0.25, 0.3) is 0 Å². The molecule has 0 aromatic carbocycles. The fraction of sp³-hybridized carbons (Fsp3) is 0.882. The van der Waals surface area contributed by atoms with Crippen LogP contribution in [0.4, 0.5) is 0 Å². The maximum absolute atomic E-state index is 10.1. The molecule has 0 aliphatic rings. The number of aliphatic carboxylic acids is 1. The summed E-state index contributed by atoms with van der Waals surface area (Å²) in [5.74, 6) is -0.287. The van der Waals surface area contributed by atoms with Crippen molar-refractivity contribution in [2.45, 2.75) is 86.2 Å². The summed E-state index contributed by atoms with van der Waals surface area (Å²) in [7, 11) is 0. The first kappa shape index (κ1) is 25.8. The van der Waals surface area contributed by atoms with E-state index in [0.29, 0.717) is 6.61 Å². The number of hydrogen-bond acceptors (Lipinski definition) is 4. The molecular weight excluding hydrogens is 284 g/mol. The van der Waals surface area contributed by atoms with Crippen molar-refractivity contribution in [1.29, 1.82) is 0 Å². The van der Waals surface area contributed by atoms with Gasteiger partial charge in [0, 0.05) is 13.8 Å². The lowest BCUT2D eigenvalue weighted by molar-refractivity contribution is -0.141. The highest BCUT2D eigenvalue weighted by Gasteiger charge is 2.02. The van der Waals surface area contributed by atoms with Crippen molar-refractivity contribution in [2.75, 3.05) is 6.61 Å². The van der Waals surface area contributed by atoms with Crippen molar-refractivity contribution in [3.63, 3.8) is 0 Å². The minimum absolute atomic E-state index is 0.0487. The predicted octanol–water partition coefficient (Wildman–Crippen LogP) is 4.02. The average molecular weight is 320 g/mol. The summed E-state index contributed by atoms with van der Waals surface area (Å²) in [5.41, 5.74) is 0. The van der Waals surface area contributed by atoms with Crippen molar-refractivity contribution in [3.8, 4) is 0 Å². The second-order valence-electron chi connectivity index (χ2n) is 5.63. The van der Waals surface area contributed by atoms with Crippen LogP contribution in [0.5, 0.6) is 0 Å². The summed E-state index contributed by atoms with van der Waals surface area (Å²) in [6, 6.07) is 0. The van der Waals surface area contributed by atoms with Crippen LogP contribution >= 0.6 is 0 Å². The van der Waals surface area contributed by atoms with Crippen molar-refractivity contribution in [3.05, 3.63) is 0 Å². The first-order chi connectivity index (χ1) is 10.2. The normalized spacial score (nSPS) is 10.7. The molecular formula is C17H36O5. The summed E-state index contributed by atoms with van der Waals surface area (Å²) in [6.45, 7) is 11.6. The Labute approximate surface area is 136 Å². The van der Waals surface area contributed by atoms with E-state index in [1.165, 1.54) is 6.92 Å². The summed E-state index contributed by atoms with van der Waals surface area (Å²) >= 11 is 0. The zero-order valence-electron chi connectivity index (χ0n) is 15.2. The van der Waals surface area contributed by atoms with E-state index in [4.69, 9.17) is 9.90 Å². The lowest BCUT2D eigenvalue weighted by Gasteiger charge is -2.09. The van der Waals surface area contributed by atoms with Crippen LogP contribution in [0.1, 0.15) is 80.1 Å². The molecule has 1 atom stereocenters. The predicted molar refractivity (Wildman–Crippen MR) is 89.8 cm³/mol. The number of carboxylic acid groups (broad SMARTS) is 1. The van der Waals surface area contributed by atoms with Crippen LogP contribution in [0.15, 0.2) is 0 Å². The molecule has 0 saturated heterocycles. The number of hydrogen-bond donors (Lipinski definition) is 2. The van der Waals surface area contributed by atoms with E-state index in [1.807, 2.05) is 0 Å². The Kier molecular flexibility index (Phi) is 23.4. The van der Waals surface area contributed by atoms with Gasteiger partial charge in [0.2, 0.25) is 0 Å². The first-order valence-electron chi connectivity index (χ1n) is 8.18. The summed E-state index contributed by atoms with van der Waals surface area (Å²) < 4.78 is 4.64. The Morgan fingerprint density at radius 2 is 1.50 bits per heavy atom. The summed E-state index contributed by atoms with van der Waals surface area (Å²) in [6.07, 6.45) is 6.19. The number of carbonyl (C=O) groups is 2. The van der Waals surface area contributed by atoms with Gasteiger partial charge in [-0.25, -0.2) is 0 Å². The Balaban J connectivity index is -0.000000269. The van der Waals surface area contributed by atoms with Crippen LogP contribution < -0.4 is 0 Å². The van der Waals surface area contributed by atoms with Crippen LogP contribution in [-0.4, -0.2) is 34.9 Å². The summed E-state index contributed by atoms with van der Waals surface area (Å²) in [5, 5.41) is 16.7. The standard InChI is InChI=1S/C9H20O.C6H12O2.C2H4O2/c1-4-5-9(10)7-6-8(2)3;1-3-4-5-8-6(2)7;1-2(3)4/h8-10H,4-7H2,1-3H3;3-5H2,1-2H3;1H3,(H,3,4). The molecule has 0 aromatic rings. The lowest BCUT2D eigenvalue weighted by Crippen LogP contribution is -2.06. The Morgan fingerprint density at radius 1 is 1.00 bits per heavy atom. The number of unbranched alkanes of at least 4 members (excludes halogenated alkanes) is 1. The fourth-order valence-corrected chi connectivity index (χ4v) is 1.36. The van der Waals surface area contributed by atoms with E-state index >= 15 is 0 Å². The molecule has 5 nitrogen and oxygen atoms in total. The van der Waals surface area contributed by atoms with E-state index in [9.17, 15) is 9.90 Å². The van der Waals surface area contributed by atoms with Gasteiger partial charge < -0.3 is 14.9 Å². The molecule has 0 saturated carbocycles. The van der Waals surface area contributed by atoms with Gasteiger partial charge in [-0.2, -0.15) is 0 Å². The fourth-order valence-electron chi connectivity index (χ4n) is 1.36. The molecule has 0 radical (unpaired) electrons. The number of carboxylic acids is 1. The van der Waals surface area contributed by atoms with Crippen molar-refractivity contribution in [2.24, 2.45) is 5.92 Å². The molecule has 22 heavy (non-hydrogen) atoms. The third-order valence-corrected chi connectivity index (χ3v) is 2.50. The van der Waals surface area contributed by atoms with Gasteiger partial charge in [0.05, 0.1) is 12.7 Å². The highest BCUT2D eigenvalue weighted by Crippen LogP contribution is 2.09. The number of esters is 1. The molecule has 0 spiro atoms. The van der Waals surface area contributed by atoms with Crippen molar-refractivity contribution < 1.29 is 24.5 Å². The molecule has 0 fully saturated rings. The lowest BCUT2D eigenvalue weighted by atomic mass is 10.0. The van der Waals surface area contributed by atoms with Gasteiger partial charge >= 0.3 is 5.97 Å².